The predicted molar refractivity (Wildman–Crippen MR) is 76.0 cm³/mol. The van der Waals surface area contributed by atoms with Crippen LogP contribution in [-0.4, -0.2) is 17.4 Å². The number of nitrogens with one attached hydrogen (secondary N) is 1. The molecule has 0 aromatic carbocycles. The van der Waals surface area contributed by atoms with Crippen molar-refractivity contribution in [1.82, 2.24) is 10.3 Å². The lowest BCUT2D eigenvalue weighted by Gasteiger charge is -2.25. The molecule has 1 heterocycles. The topological polar surface area (TPSA) is 68.0 Å². The van der Waals surface area contributed by atoms with Gasteiger partial charge < -0.3 is 11.1 Å². The fourth-order valence-electron chi connectivity index (χ4n) is 1.12. The monoisotopic (exact) mass is 299 g/mol. The van der Waals surface area contributed by atoms with E-state index in [2.05, 4.69) is 10.3 Å². The van der Waals surface area contributed by atoms with Gasteiger partial charge in [0.1, 0.15) is 5.01 Å². The third kappa shape index (κ3) is 5.21. The fraction of sp³-hybridized carbons (Fsp3) is 0.600. The van der Waals surface area contributed by atoms with Crippen LogP contribution < -0.4 is 11.1 Å². The minimum Gasteiger partial charge on any atom is -0.344 e. The first-order valence-electron chi connectivity index (χ1n) is 4.89. The van der Waals surface area contributed by atoms with E-state index in [1.807, 2.05) is 26.2 Å². The summed E-state index contributed by atoms with van der Waals surface area (Å²) < 4.78 is 0. The van der Waals surface area contributed by atoms with Crippen molar-refractivity contribution in [3.63, 3.8) is 0 Å². The SMILES string of the molecule is CC(CN)C(=O)NC(C)(C)c1nccs1.Cl.Cl. The number of rotatable bonds is 4. The minimum atomic E-state index is -0.422. The third-order valence-corrected chi connectivity index (χ3v) is 3.30. The second-order valence-electron chi connectivity index (χ2n) is 4.09. The highest BCUT2D eigenvalue weighted by Crippen LogP contribution is 2.22. The fourth-order valence-corrected chi connectivity index (χ4v) is 1.84. The predicted octanol–water partition coefficient (Wildman–Crippen LogP) is 1.93. The van der Waals surface area contributed by atoms with Crippen molar-refractivity contribution in [2.75, 3.05) is 6.54 Å². The summed E-state index contributed by atoms with van der Waals surface area (Å²) in [6.07, 6.45) is 1.74. The first-order valence-corrected chi connectivity index (χ1v) is 5.77. The molecule has 0 aliphatic heterocycles. The van der Waals surface area contributed by atoms with E-state index in [-0.39, 0.29) is 36.6 Å². The number of carbonyl (C=O) groups excluding carboxylic acids is 1. The Bertz CT molecular complexity index is 330. The molecule has 1 aromatic rings. The molecule has 0 spiro atoms. The van der Waals surface area contributed by atoms with Crippen LogP contribution in [-0.2, 0) is 10.3 Å². The van der Waals surface area contributed by atoms with Crippen LogP contribution in [0.3, 0.4) is 0 Å². The van der Waals surface area contributed by atoms with E-state index in [0.29, 0.717) is 6.54 Å². The Morgan fingerprint density at radius 2 is 2.18 bits per heavy atom. The van der Waals surface area contributed by atoms with Gasteiger partial charge in [0.2, 0.25) is 5.91 Å². The lowest BCUT2D eigenvalue weighted by molar-refractivity contribution is -0.125. The summed E-state index contributed by atoms with van der Waals surface area (Å²) in [6.45, 7) is 6.05. The third-order valence-electron chi connectivity index (χ3n) is 2.20. The molecule has 1 rings (SSSR count). The van der Waals surface area contributed by atoms with Crippen molar-refractivity contribution in [2.24, 2.45) is 11.7 Å². The van der Waals surface area contributed by atoms with E-state index in [0.717, 1.165) is 5.01 Å². The van der Waals surface area contributed by atoms with Crippen molar-refractivity contribution in [2.45, 2.75) is 26.3 Å². The molecule has 0 radical (unpaired) electrons. The molecular weight excluding hydrogens is 281 g/mol. The maximum atomic E-state index is 11.7. The average molecular weight is 300 g/mol. The van der Waals surface area contributed by atoms with Gasteiger partial charge in [0.05, 0.1) is 5.54 Å². The van der Waals surface area contributed by atoms with Gasteiger partial charge in [-0.15, -0.1) is 36.2 Å². The number of nitrogens with zero attached hydrogens (tertiary/aromatic N) is 1. The summed E-state index contributed by atoms with van der Waals surface area (Å²) >= 11 is 1.53. The highest BCUT2D eigenvalue weighted by Gasteiger charge is 2.26. The van der Waals surface area contributed by atoms with Gasteiger partial charge in [-0.05, 0) is 13.8 Å². The molecule has 0 aliphatic carbocycles. The molecule has 100 valence electrons. The first kappa shape index (κ1) is 19.0. The highest BCUT2D eigenvalue weighted by molar-refractivity contribution is 7.09. The lowest BCUT2D eigenvalue weighted by Crippen LogP contribution is -2.44. The minimum absolute atomic E-state index is 0. The standard InChI is InChI=1S/C10H17N3OS.2ClH/c1-7(6-11)8(14)13-10(2,3)9-12-4-5-15-9;;/h4-5,7H,6,11H2,1-3H3,(H,13,14);2*1H. The van der Waals surface area contributed by atoms with Crippen LogP contribution in [0.15, 0.2) is 11.6 Å². The van der Waals surface area contributed by atoms with Crippen molar-refractivity contribution in [3.05, 3.63) is 16.6 Å². The van der Waals surface area contributed by atoms with Gasteiger partial charge >= 0.3 is 0 Å². The molecule has 1 aromatic heterocycles. The van der Waals surface area contributed by atoms with Gasteiger partial charge in [0.25, 0.3) is 0 Å². The van der Waals surface area contributed by atoms with Crippen LogP contribution in [0, 0.1) is 5.92 Å². The largest absolute Gasteiger partial charge is 0.344 e. The van der Waals surface area contributed by atoms with Crippen LogP contribution in [0.5, 0.6) is 0 Å². The second-order valence-corrected chi connectivity index (χ2v) is 4.98. The molecule has 7 heteroatoms. The van der Waals surface area contributed by atoms with Crippen LogP contribution in [0.1, 0.15) is 25.8 Å². The Kier molecular flexibility index (Phi) is 8.79. The number of halogens is 2. The second kappa shape index (κ2) is 7.87. The quantitative estimate of drug-likeness (QED) is 0.893. The molecule has 0 aliphatic rings. The molecule has 0 saturated carbocycles. The number of hydrogen-bond donors (Lipinski definition) is 2. The number of aromatic nitrogens is 1. The van der Waals surface area contributed by atoms with E-state index in [1.54, 1.807) is 6.20 Å². The van der Waals surface area contributed by atoms with Crippen molar-refractivity contribution in [3.8, 4) is 0 Å². The van der Waals surface area contributed by atoms with Crippen LogP contribution in [0.2, 0.25) is 0 Å². The number of amides is 1. The van der Waals surface area contributed by atoms with Gasteiger partial charge in [0, 0.05) is 24.0 Å². The molecule has 0 saturated heterocycles. The number of thiazole rings is 1. The van der Waals surface area contributed by atoms with Gasteiger partial charge in [-0.1, -0.05) is 6.92 Å². The molecule has 17 heavy (non-hydrogen) atoms. The van der Waals surface area contributed by atoms with Crippen LogP contribution in [0.4, 0.5) is 0 Å². The Balaban J connectivity index is 0. The van der Waals surface area contributed by atoms with Crippen molar-refractivity contribution < 1.29 is 4.79 Å². The summed E-state index contributed by atoms with van der Waals surface area (Å²) in [5.41, 5.74) is 5.01. The summed E-state index contributed by atoms with van der Waals surface area (Å²) in [7, 11) is 0. The molecule has 1 unspecified atom stereocenters. The highest BCUT2D eigenvalue weighted by atomic mass is 35.5. The van der Waals surface area contributed by atoms with Crippen molar-refractivity contribution >= 4 is 42.1 Å². The van der Waals surface area contributed by atoms with Crippen molar-refractivity contribution in [1.29, 1.82) is 0 Å². The van der Waals surface area contributed by atoms with E-state index >= 15 is 0 Å². The zero-order valence-electron chi connectivity index (χ0n) is 10.1. The van der Waals surface area contributed by atoms with Gasteiger partial charge in [0.15, 0.2) is 0 Å². The Labute approximate surface area is 118 Å². The Morgan fingerprint density at radius 3 is 2.59 bits per heavy atom. The maximum absolute atomic E-state index is 11.7. The van der Waals surface area contributed by atoms with Crippen LogP contribution in [0.25, 0.3) is 0 Å². The number of hydrogen-bond acceptors (Lipinski definition) is 4. The Hall–Kier alpha value is -0.360. The normalized spacial score (nSPS) is 12.0. The van der Waals surface area contributed by atoms with Gasteiger partial charge in [-0.2, -0.15) is 0 Å². The van der Waals surface area contributed by atoms with Gasteiger partial charge in [-0.3, -0.25) is 4.79 Å². The van der Waals surface area contributed by atoms with Gasteiger partial charge in [-0.25, -0.2) is 4.98 Å². The smallest absolute Gasteiger partial charge is 0.224 e. The molecule has 1 atom stereocenters. The summed E-state index contributed by atoms with van der Waals surface area (Å²) in [6, 6.07) is 0. The average Bonchev–Trinajstić information content (AvgIpc) is 2.69. The number of carbonyl (C=O) groups is 1. The maximum Gasteiger partial charge on any atom is 0.224 e. The molecule has 4 nitrogen and oxygen atoms in total. The van der Waals surface area contributed by atoms with E-state index < -0.39 is 5.54 Å². The molecular formula is C10H19Cl2N3OS. The molecule has 1 amide bonds. The summed E-state index contributed by atoms with van der Waals surface area (Å²) in [5, 5.41) is 5.74. The molecule has 0 fully saturated rings. The van der Waals surface area contributed by atoms with Crippen LogP contribution >= 0.6 is 36.2 Å². The van der Waals surface area contributed by atoms with E-state index in [4.69, 9.17) is 5.73 Å². The first-order chi connectivity index (χ1) is 6.97. The Morgan fingerprint density at radius 1 is 1.59 bits per heavy atom. The van der Waals surface area contributed by atoms with E-state index in [1.165, 1.54) is 11.3 Å². The zero-order chi connectivity index (χ0) is 11.5. The molecule has 3 N–H and O–H groups in total. The molecule has 0 bridgehead atoms. The summed E-state index contributed by atoms with van der Waals surface area (Å²) in [5.74, 6) is -0.193. The van der Waals surface area contributed by atoms with E-state index in [9.17, 15) is 4.79 Å². The summed E-state index contributed by atoms with van der Waals surface area (Å²) in [4.78, 5) is 15.9. The lowest BCUT2D eigenvalue weighted by atomic mass is 10.0. The zero-order valence-corrected chi connectivity index (χ0v) is 12.5. The number of nitrogens with two attached hydrogens (primary N) is 1.